The highest BCUT2D eigenvalue weighted by molar-refractivity contribution is 5.96. The van der Waals surface area contributed by atoms with Crippen molar-refractivity contribution in [2.45, 2.75) is 25.5 Å². The molecule has 0 bridgehead atoms. The number of amides is 1. The maximum Gasteiger partial charge on any atom is 0.251 e. The summed E-state index contributed by atoms with van der Waals surface area (Å²) in [6.07, 6.45) is 1.15. The van der Waals surface area contributed by atoms with Crippen LogP contribution in [0.3, 0.4) is 0 Å². The fraction of sp³-hybridized carbons (Fsp3) is 0.500. The van der Waals surface area contributed by atoms with Gasteiger partial charge in [0.1, 0.15) is 0 Å². The van der Waals surface area contributed by atoms with Crippen LogP contribution in [0.1, 0.15) is 23.7 Å². The van der Waals surface area contributed by atoms with E-state index in [4.69, 9.17) is 10.5 Å². The molecule has 2 rings (SSSR count). The van der Waals surface area contributed by atoms with Crippen LogP contribution < -0.4 is 16.0 Å². The molecule has 2 atom stereocenters. The number of nitrogens with one attached hydrogen (secondary N) is 1. The lowest BCUT2D eigenvalue weighted by Gasteiger charge is -2.30. The van der Waals surface area contributed by atoms with Crippen molar-refractivity contribution in [3.8, 4) is 0 Å². The van der Waals surface area contributed by atoms with Crippen LogP contribution in [0.4, 0.5) is 11.4 Å². The third kappa shape index (κ3) is 2.66. The molecule has 0 saturated carbocycles. The standard InChI is InChI=1S/C14H21N3O2/c1-9-12(6-7-19-9)17(3)13-8-10(14(18)16-2)4-5-11(13)15/h4-5,8-9,12H,6-7,15H2,1-3H3,(H,16,18). The number of hydrogen-bond acceptors (Lipinski definition) is 4. The van der Waals surface area contributed by atoms with Crippen molar-refractivity contribution in [1.82, 2.24) is 5.32 Å². The predicted molar refractivity (Wildman–Crippen MR) is 76.5 cm³/mol. The summed E-state index contributed by atoms with van der Waals surface area (Å²) >= 11 is 0. The van der Waals surface area contributed by atoms with Crippen LogP contribution >= 0.6 is 0 Å². The van der Waals surface area contributed by atoms with Gasteiger partial charge in [0.05, 0.1) is 23.5 Å². The zero-order valence-corrected chi connectivity index (χ0v) is 11.6. The minimum atomic E-state index is -0.106. The zero-order valence-electron chi connectivity index (χ0n) is 11.6. The fourth-order valence-electron chi connectivity index (χ4n) is 2.54. The highest BCUT2D eigenvalue weighted by atomic mass is 16.5. The Bertz CT molecular complexity index is 476. The maximum atomic E-state index is 11.7. The van der Waals surface area contributed by atoms with Gasteiger partial charge in [0.25, 0.3) is 5.91 Å². The Morgan fingerprint density at radius 3 is 2.84 bits per heavy atom. The molecule has 1 aliphatic heterocycles. The second kappa shape index (κ2) is 5.48. The Balaban J connectivity index is 2.30. The van der Waals surface area contributed by atoms with E-state index in [1.807, 2.05) is 13.1 Å². The minimum Gasteiger partial charge on any atom is -0.397 e. The average molecular weight is 263 g/mol. The summed E-state index contributed by atoms with van der Waals surface area (Å²) in [7, 11) is 3.62. The maximum absolute atomic E-state index is 11.7. The Kier molecular flexibility index (Phi) is 3.95. The SMILES string of the molecule is CNC(=O)c1ccc(N)c(N(C)C2CCOC2C)c1. The quantitative estimate of drug-likeness (QED) is 0.805. The third-order valence-electron chi connectivity index (χ3n) is 3.73. The van der Waals surface area contributed by atoms with Gasteiger partial charge < -0.3 is 20.7 Å². The highest BCUT2D eigenvalue weighted by Crippen LogP contribution is 2.29. The Morgan fingerprint density at radius 1 is 1.53 bits per heavy atom. The second-order valence-corrected chi connectivity index (χ2v) is 4.90. The van der Waals surface area contributed by atoms with Gasteiger partial charge >= 0.3 is 0 Å². The van der Waals surface area contributed by atoms with Crippen molar-refractivity contribution in [2.75, 3.05) is 31.3 Å². The molecule has 2 unspecified atom stereocenters. The summed E-state index contributed by atoms with van der Waals surface area (Å²) in [5, 5.41) is 2.62. The van der Waals surface area contributed by atoms with Crippen LogP contribution in [0.25, 0.3) is 0 Å². The van der Waals surface area contributed by atoms with Crippen LogP contribution in [-0.4, -0.2) is 38.8 Å². The number of rotatable bonds is 3. The monoisotopic (exact) mass is 263 g/mol. The molecule has 1 aromatic carbocycles. The van der Waals surface area contributed by atoms with Crippen molar-refractivity contribution in [2.24, 2.45) is 0 Å². The van der Waals surface area contributed by atoms with Crippen molar-refractivity contribution in [1.29, 1.82) is 0 Å². The topological polar surface area (TPSA) is 67.6 Å². The van der Waals surface area contributed by atoms with Gasteiger partial charge in [0, 0.05) is 26.3 Å². The molecule has 1 amide bonds. The van der Waals surface area contributed by atoms with E-state index >= 15 is 0 Å². The van der Waals surface area contributed by atoms with E-state index < -0.39 is 0 Å². The Labute approximate surface area is 113 Å². The summed E-state index contributed by atoms with van der Waals surface area (Å²) < 4.78 is 5.59. The van der Waals surface area contributed by atoms with Gasteiger partial charge in [-0.3, -0.25) is 4.79 Å². The lowest BCUT2D eigenvalue weighted by molar-refractivity contribution is 0.0963. The first kappa shape index (κ1) is 13.7. The first-order valence-corrected chi connectivity index (χ1v) is 6.50. The predicted octanol–water partition coefficient (Wildman–Crippen LogP) is 1.24. The normalized spacial score (nSPS) is 22.3. The van der Waals surface area contributed by atoms with Crippen molar-refractivity contribution in [3.63, 3.8) is 0 Å². The van der Waals surface area contributed by atoms with E-state index in [-0.39, 0.29) is 12.0 Å². The van der Waals surface area contributed by atoms with Gasteiger partial charge in [-0.2, -0.15) is 0 Å². The van der Waals surface area contributed by atoms with Crippen LogP contribution in [0.5, 0.6) is 0 Å². The fourth-order valence-corrected chi connectivity index (χ4v) is 2.54. The summed E-state index contributed by atoms with van der Waals surface area (Å²) in [6, 6.07) is 5.64. The highest BCUT2D eigenvalue weighted by Gasteiger charge is 2.29. The average Bonchev–Trinajstić information content (AvgIpc) is 2.84. The largest absolute Gasteiger partial charge is 0.397 e. The van der Waals surface area contributed by atoms with Gasteiger partial charge in [-0.15, -0.1) is 0 Å². The van der Waals surface area contributed by atoms with Gasteiger partial charge in [0.15, 0.2) is 0 Å². The number of hydrogen-bond donors (Lipinski definition) is 2. The van der Waals surface area contributed by atoms with E-state index in [2.05, 4.69) is 17.1 Å². The molecule has 5 heteroatoms. The van der Waals surface area contributed by atoms with Crippen molar-refractivity contribution >= 4 is 17.3 Å². The molecule has 1 saturated heterocycles. The molecular formula is C14H21N3O2. The number of carbonyl (C=O) groups is 1. The number of anilines is 2. The molecule has 1 aliphatic rings. The van der Waals surface area contributed by atoms with Gasteiger partial charge in [-0.25, -0.2) is 0 Å². The number of carbonyl (C=O) groups excluding carboxylic acids is 1. The summed E-state index contributed by atoms with van der Waals surface area (Å²) in [5.41, 5.74) is 8.20. The molecule has 5 nitrogen and oxygen atoms in total. The molecule has 0 spiro atoms. The van der Waals surface area contributed by atoms with Gasteiger partial charge in [0.2, 0.25) is 0 Å². The summed E-state index contributed by atoms with van der Waals surface area (Å²) in [4.78, 5) is 13.8. The van der Waals surface area contributed by atoms with E-state index in [0.29, 0.717) is 17.3 Å². The van der Waals surface area contributed by atoms with Crippen molar-refractivity contribution in [3.05, 3.63) is 23.8 Å². The number of nitrogens with two attached hydrogens (primary N) is 1. The molecule has 0 radical (unpaired) electrons. The Hall–Kier alpha value is -1.75. The van der Waals surface area contributed by atoms with E-state index in [1.165, 1.54) is 0 Å². The summed E-state index contributed by atoms with van der Waals surface area (Å²) in [5.74, 6) is -0.106. The van der Waals surface area contributed by atoms with Crippen LogP contribution in [0.2, 0.25) is 0 Å². The van der Waals surface area contributed by atoms with E-state index in [1.54, 1.807) is 19.2 Å². The first-order valence-electron chi connectivity index (χ1n) is 6.50. The number of likely N-dealkylation sites (N-methyl/N-ethyl adjacent to an activating group) is 1. The lowest BCUT2D eigenvalue weighted by Crippen LogP contribution is -2.37. The summed E-state index contributed by atoms with van der Waals surface area (Å²) in [6.45, 7) is 2.83. The van der Waals surface area contributed by atoms with Gasteiger partial charge in [-0.05, 0) is 31.5 Å². The third-order valence-corrected chi connectivity index (χ3v) is 3.73. The first-order chi connectivity index (χ1) is 9.04. The second-order valence-electron chi connectivity index (χ2n) is 4.90. The number of nitrogen functional groups attached to an aromatic ring is 1. The zero-order chi connectivity index (χ0) is 14.0. The minimum absolute atomic E-state index is 0.106. The van der Waals surface area contributed by atoms with E-state index in [0.717, 1.165) is 18.7 Å². The van der Waals surface area contributed by atoms with E-state index in [9.17, 15) is 4.79 Å². The smallest absolute Gasteiger partial charge is 0.251 e. The molecule has 1 fully saturated rings. The number of benzene rings is 1. The lowest BCUT2D eigenvalue weighted by atomic mass is 10.1. The molecule has 0 aromatic heterocycles. The molecule has 104 valence electrons. The molecule has 0 aliphatic carbocycles. The number of ether oxygens (including phenoxy) is 1. The molecule has 19 heavy (non-hydrogen) atoms. The number of nitrogens with zero attached hydrogens (tertiary/aromatic N) is 1. The van der Waals surface area contributed by atoms with Gasteiger partial charge in [-0.1, -0.05) is 0 Å². The van der Waals surface area contributed by atoms with Crippen LogP contribution in [0, 0.1) is 0 Å². The van der Waals surface area contributed by atoms with Crippen LogP contribution in [-0.2, 0) is 4.74 Å². The molecule has 1 aromatic rings. The molecule has 1 heterocycles. The van der Waals surface area contributed by atoms with Crippen LogP contribution in [0.15, 0.2) is 18.2 Å². The Morgan fingerprint density at radius 2 is 2.26 bits per heavy atom. The van der Waals surface area contributed by atoms with Crippen molar-refractivity contribution < 1.29 is 9.53 Å². The molecular weight excluding hydrogens is 242 g/mol. The molecule has 3 N–H and O–H groups in total.